The number of hydrogen-bond donors (Lipinski definition) is 0. The third kappa shape index (κ3) is 5.32. The van der Waals surface area contributed by atoms with Crippen molar-refractivity contribution < 1.29 is 14.3 Å². The highest BCUT2D eigenvalue weighted by molar-refractivity contribution is 8.16. The fourth-order valence-corrected chi connectivity index (χ4v) is 5.92. The highest BCUT2D eigenvalue weighted by Gasteiger charge is 2.42. The molecule has 37 heavy (non-hydrogen) atoms. The highest BCUT2D eigenvalue weighted by atomic mass is 35.5. The van der Waals surface area contributed by atoms with Crippen LogP contribution in [-0.2, 0) is 14.3 Å². The largest absolute Gasteiger partial charge is 0.463 e. The highest BCUT2D eigenvalue weighted by Crippen LogP contribution is 2.47. The zero-order valence-corrected chi connectivity index (χ0v) is 22.5. The van der Waals surface area contributed by atoms with Gasteiger partial charge in [0.25, 0.3) is 0 Å². The van der Waals surface area contributed by atoms with E-state index >= 15 is 0 Å². The molecule has 0 aromatic heterocycles. The summed E-state index contributed by atoms with van der Waals surface area (Å²) in [6.07, 6.45) is 0.226. The average molecular weight is 537 g/mol. The van der Waals surface area contributed by atoms with Crippen molar-refractivity contribution in [3.63, 3.8) is 0 Å². The van der Waals surface area contributed by atoms with Gasteiger partial charge in [0.15, 0.2) is 5.17 Å². The minimum Gasteiger partial charge on any atom is -0.463 e. The number of amidine groups is 1. The molecule has 1 fully saturated rings. The van der Waals surface area contributed by atoms with E-state index in [4.69, 9.17) is 21.3 Å². The molecule has 9 heteroatoms. The fraction of sp³-hybridized carbons (Fsp3) is 0.321. The lowest BCUT2D eigenvalue weighted by molar-refractivity contribution is -0.139. The van der Waals surface area contributed by atoms with Crippen LogP contribution in [0.1, 0.15) is 30.5 Å². The second-order valence-electron chi connectivity index (χ2n) is 9.16. The molecule has 192 valence electrons. The minimum absolute atomic E-state index is 0.0709. The van der Waals surface area contributed by atoms with Crippen molar-refractivity contribution in [2.75, 3.05) is 39.8 Å². The van der Waals surface area contributed by atoms with Crippen LogP contribution < -0.4 is 0 Å². The molecule has 3 aliphatic rings. The van der Waals surface area contributed by atoms with E-state index in [1.807, 2.05) is 63.7 Å². The Bertz CT molecular complexity index is 1290. The maximum atomic E-state index is 13.5. The number of aliphatic imine (C=N–C) groups is 1. The number of nitrogens with zero attached hydrogens (tertiary/aromatic N) is 4. The van der Waals surface area contributed by atoms with Crippen LogP contribution in [0.2, 0.25) is 5.02 Å². The van der Waals surface area contributed by atoms with Crippen LogP contribution >= 0.6 is 23.4 Å². The van der Waals surface area contributed by atoms with E-state index < -0.39 is 12.0 Å². The first-order chi connectivity index (χ1) is 18.0. The third-order valence-electron chi connectivity index (χ3n) is 6.71. The first kappa shape index (κ1) is 25.6. The molecule has 3 aliphatic heterocycles. The van der Waals surface area contributed by atoms with Gasteiger partial charge in [0, 0.05) is 42.5 Å². The molecule has 2 aromatic carbocycles. The lowest BCUT2D eigenvalue weighted by atomic mass is 9.91. The number of benzene rings is 2. The Labute approximate surface area is 226 Å². The quantitative estimate of drug-likeness (QED) is 0.495. The van der Waals surface area contributed by atoms with Gasteiger partial charge in [-0.25, -0.2) is 9.79 Å². The molecule has 5 rings (SSSR count). The Balaban J connectivity index is 1.58. The Hall–Kier alpha value is -3.07. The minimum atomic E-state index is -0.540. The predicted molar refractivity (Wildman–Crippen MR) is 148 cm³/mol. The molecular weight excluding hydrogens is 508 g/mol. The molecular formula is C28H29ClN4O3S. The molecule has 0 bridgehead atoms. The van der Waals surface area contributed by atoms with Gasteiger partial charge in [-0.15, -0.1) is 0 Å². The summed E-state index contributed by atoms with van der Waals surface area (Å²) in [6.45, 7) is 5.16. The number of amides is 1. The van der Waals surface area contributed by atoms with E-state index in [-0.39, 0.29) is 18.9 Å². The maximum Gasteiger partial charge on any atom is 0.338 e. The Morgan fingerprint density at radius 1 is 1.08 bits per heavy atom. The first-order valence-corrected chi connectivity index (χ1v) is 13.6. The van der Waals surface area contributed by atoms with Gasteiger partial charge in [-0.05, 0) is 37.1 Å². The van der Waals surface area contributed by atoms with Crippen molar-refractivity contribution in [1.29, 1.82) is 0 Å². The number of hydrogen-bond acceptors (Lipinski definition) is 7. The van der Waals surface area contributed by atoms with Gasteiger partial charge in [0.2, 0.25) is 5.91 Å². The van der Waals surface area contributed by atoms with Crippen LogP contribution in [0.3, 0.4) is 0 Å². The van der Waals surface area contributed by atoms with Crippen molar-refractivity contribution in [2.24, 2.45) is 4.99 Å². The standard InChI is InChI=1S/C28H29ClN4O3S/c1-3-36-27(35)24-25(19-8-5-4-6-9-19)30-28-33(26(24)20-10-7-11-21(29)16-20)22(18-37-28)17-23(34)32-14-12-31(2)13-15-32/h4-11,16,18,26H,3,12-15,17H2,1-2H3/t26-/m0/s1. The monoisotopic (exact) mass is 536 g/mol. The van der Waals surface area contributed by atoms with Gasteiger partial charge in [-0.3, -0.25) is 4.79 Å². The number of likely N-dealkylation sites (N-methyl/N-ethyl adjacent to an activating group) is 1. The molecule has 3 heterocycles. The normalized spacial score (nSPS) is 19.9. The number of thioether (sulfide) groups is 1. The van der Waals surface area contributed by atoms with Crippen molar-refractivity contribution in [3.05, 3.63) is 87.4 Å². The lowest BCUT2D eigenvalue weighted by Crippen LogP contribution is -2.47. The van der Waals surface area contributed by atoms with Crippen LogP contribution in [-0.4, -0.2) is 71.6 Å². The molecule has 0 radical (unpaired) electrons. The van der Waals surface area contributed by atoms with Crippen molar-refractivity contribution >= 4 is 46.1 Å². The molecule has 7 nitrogen and oxygen atoms in total. The topological polar surface area (TPSA) is 65.5 Å². The number of piperazine rings is 1. The fourth-order valence-electron chi connectivity index (χ4n) is 4.80. The molecule has 0 N–H and O–H groups in total. The Morgan fingerprint density at radius 2 is 1.84 bits per heavy atom. The van der Waals surface area contributed by atoms with Crippen LogP contribution in [0.15, 0.2) is 76.3 Å². The summed E-state index contributed by atoms with van der Waals surface area (Å²) in [7, 11) is 2.07. The van der Waals surface area contributed by atoms with E-state index in [9.17, 15) is 9.59 Å². The van der Waals surface area contributed by atoms with Gasteiger partial charge >= 0.3 is 5.97 Å². The third-order valence-corrected chi connectivity index (χ3v) is 7.83. The zero-order valence-electron chi connectivity index (χ0n) is 20.9. The van der Waals surface area contributed by atoms with Crippen LogP contribution in [0.25, 0.3) is 5.70 Å². The van der Waals surface area contributed by atoms with Gasteiger partial charge in [-0.1, -0.05) is 65.8 Å². The summed E-state index contributed by atoms with van der Waals surface area (Å²) in [5.74, 6) is -0.364. The predicted octanol–water partition coefficient (Wildman–Crippen LogP) is 4.78. The number of rotatable bonds is 6. The Morgan fingerprint density at radius 3 is 2.54 bits per heavy atom. The molecule has 1 amide bonds. The molecule has 0 saturated carbocycles. The van der Waals surface area contributed by atoms with E-state index in [2.05, 4.69) is 11.9 Å². The summed E-state index contributed by atoms with van der Waals surface area (Å²) in [5, 5.41) is 3.26. The second-order valence-corrected chi connectivity index (χ2v) is 10.4. The van der Waals surface area contributed by atoms with Crippen LogP contribution in [0, 0.1) is 0 Å². The van der Waals surface area contributed by atoms with E-state index in [1.54, 1.807) is 13.0 Å². The molecule has 1 saturated heterocycles. The van der Waals surface area contributed by atoms with Gasteiger partial charge < -0.3 is 19.4 Å². The molecule has 1 atom stereocenters. The summed E-state index contributed by atoms with van der Waals surface area (Å²) in [6, 6.07) is 16.6. The lowest BCUT2D eigenvalue weighted by Gasteiger charge is -2.38. The molecule has 0 aliphatic carbocycles. The first-order valence-electron chi connectivity index (χ1n) is 12.4. The van der Waals surface area contributed by atoms with Crippen molar-refractivity contribution in [1.82, 2.24) is 14.7 Å². The molecule has 2 aromatic rings. The average Bonchev–Trinajstić information content (AvgIpc) is 3.30. The van der Waals surface area contributed by atoms with Crippen molar-refractivity contribution in [2.45, 2.75) is 19.4 Å². The molecule has 0 unspecified atom stereocenters. The smallest absolute Gasteiger partial charge is 0.338 e. The zero-order chi connectivity index (χ0) is 25.9. The number of carbonyl (C=O) groups is 2. The van der Waals surface area contributed by atoms with Crippen LogP contribution in [0.5, 0.6) is 0 Å². The van der Waals surface area contributed by atoms with E-state index in [0.717, 1.165) is 35.1 Å². The number of esters is 1. The number of carbonyl (C=O) groups excluding carboxylic acids is 2. The summed E-state index contributed by atoms with van der Waals surface area (Å²) >= 11 is 7.88. The van der Waals surface area contributed by atoms with Crippen molar-refractivity contribution in [3.8, 4) is 0 Å². The second kappa shape index (κ2) is 11.1. The SMILES string of the molecule is CCOC(=O)C1=C(c2ccccc2)N=C2SC=C(CC(=O)N3CCN(C)CC3)N2[C@H]1c1cccc(Cl)c1. The number of halogens is 1. The number of fused-ring (bicyclic) bond motifs is 1. The van der Waals surface area contributed by atoms with Gasteiger partial charge in [0.05, 0.1) is 30.3 Å². The van der Waals surface area contributed by atoms with E-state index in [0.29, 0.717) is 29.4 Å². The molecule has 0 spiro atoms. The van der Waals surface area contributed by atoms with Gasteiger partial charge in [-0.2, -0.15) is 0 Å². The Kier molecular flexibility index (Phi) is 7.69. The van der Waals surface area contributed by atoms with Gasteiger partial charge in [0.1, 0.15) is 0 Å². The summed E-state index contributed by atoms with van der Waals surface area (Å²) < 4.78 is 5.55. The summed E-state index contributed by atoms with van der Waals surface area (Å²) in [4.78, 5) is 37.9. The number of ether oxygens (including phenoxy) is 1. The van der Waals surface area contributed by atoms with E-state index in [1.165, 1.54) is 11.8 Å². The van der Waals surface area contributed by atoms with Crippen LogP contribution in [0.4, 0.5) is 0 Å². The summed E-state index contributed by atoms with van der Waals surface area (Å²) in [5.41, 5.74) is 3.47. The maximum absolute atomic E-state index is 13.5.